The first-order chi connectivity index (χ1) is 8.40. The molecule has 1 aliphatic carbocycles. The van der Waals surface area contributed by atoms with Crippen molar-refractivity contribution in [2.75, 3.05) is 6.54 Å². The van der Waals surface area contributed by atoms with Gasteiger partial charge < -0.3 is 5.73 Å². The summed E-state index contributed by atoms with van der Waals surface area (Å²) in [6.07, 6.45) is 7.16. The van der Waals surface area contributed by atoms with E-state index in [1.54, 1.807) is 6.20 Å². The molecule has 1 aliphatic rings. The van der Waals surface area contributed by atoms with Crippen LogP contribution in [0.3, 0.4) is 0 Å². The van der Waals surface area contributed by atoms with Crippen LogP contribution in [-0.4, -0.2) is 21.3 Å². The molecule has 0 unspecified atom stereocenters. The number of nitrogens with two attached hydrogens (primary N) is 1. The molecule has 3 rings (SSSR count). The summed E-state index contributed by atoms with van der Waals surface area (Å²) < 4.78 is 2.07. The lowest BCUT2D eigenvalue weighted by Gasteiger charge is -2.02. The molecule has 2 heterocycles. The zero-order valence-electron chi connectivity index (χ0n) is 9.76. The van der Waals surface area contributed by atoms with E-state index >= 15 is 0 Å². The van der Waals surface area contributed by atoms with Crippen LogP contribution in [0.5, 0.6) is 0 Å². The van der Waals surface area contributed by atoms with E-state index in [4.69, 9.17) is 5.73 Å². The van der Waals surface area contributed by atoms with E-state index in [-0.39, 0.29) is 0 Å². The van der Waals surface area contributed by atoms with E-state index < -0.39 is 0 Å². The second-order valence-corrected chi connectivity index (χ2v) is 4.38. The largest absolute Gasteiger partial charge is 0.329 e. The average Bonchev–Trinajstić information content (AvgIpc) is 2.94. The van der Waals surface area contributed by atoms with Gasteiger partial charge in [-0.05, 0) is 31.4 Å². The summed E-state index contributed by atoms with van der Waals surface area (Å²) in [5.41, 5.74) is 10.6. The lowest BCUT2D eigenvalue weighted by Crippen LogP contribution is -2.13. The Labute approximate surface area is 100 Å². The molecule has 0 amide bonds. The van der Waals surface area contributed by atoms with Gasteiger partial charge in [-0.1, -0.05) is 0 Å². The Kier molecular flexibility index (Phi) is 2.65. The minimum absolute atomic E-state index is 0.639. The molecule has 0 atom stereocenters. The fraction of sp³-hybridized carbons (Fsp3) is 0.385. The van der Waals surface area contributed by atoms with Crippen molar-refractivity contribution in [2.45, 2.75) is 25.8 Å². The Morgan fingerprint density at radius 1 is 1.35 bits per heavy atom. The van der Waals surface area contributed by atoms with Gasteiger partial charge in [0.05, 0.1) is 12.2 Å². The van der Waals surface area contributed by atoms with Crippen LogP contribution in [0.1, 0.15) is 17.7 Å². The molecule has 0 aromatic carbocycles. The quantitative estimate of drug-likeness (QED) is 0.863. The molecular formula is C13H16N4. The number of nitrogens with zero attached hydrogens (tertiary/aromatic N) is 3. The predicted octanol–water partition coefficient (Wildman–Crippen LogP) is 1.39. The lowest BCUT2D eigenvalue weighted by molar-refractivity contribution is 0.596. The second kappa shape index (κ2) is 4.30. The van der Waals surface area contributed by atoms with E-state index in [0.29, 0.717) is 6.54 Å². The van der Waals surface area contributed by atoms with Gasteiger partial charge >= 0.3 is 0 Å². The molecule has 0 saturated carbocycles. The van der Waals surface area contributed by atoms with Crippen LogP contribution < -0.4 is 5.73 Å². The molecule has 0 radical (unpaired) electrons. The van der Waals surface area contributed by atoms with Gasteiger partial charge in [-0.25, -0.2) is 0 Å². The van der Waals surface area contributed by atoms with Crippen molar-refractivity contribution in [1.82, 2.24) is 14.8 Å². The fourth-order valence-corrected chi connectivity index (χ4v) is 2.55. The van der Waals surface area contributed by atoms with Gasteiger partial charge in [0.2, 0.25) is 0 Å². The van der Waals surface area contributed by atoms with Crippen molar-refractivity contribution < 1.29 is 0 Å². The summed E-state index contributed by atoms with van der Waals surface area (Å²) in [6, 6.07) is 4.03. The Morgan fingerprint density at radius 2 is 2.29 bits per heavy atom. The Balaban J connectivity index is 2.09. The minimum atomic E-state index is 0.639. The zero-order valence-corrected chi connectivity index (χ0v) is 9.76. The third-order valence-electron chi connectivity index (χ3n) is 3.28. The molecule has 88 valence electrons. The van der Waals surface area contributed by atoms with Gasteiger partial charge in [0.15, 0.2) is 0 Å². The number of pyridine rings is 1. The van der Waals surface area contributed by atoms with Crippen molar-refractivity contribution in [3.63, 3.8) is 0 Å². The van der Waals surface area contributed by atoms with Gasteiger partial charge in [-0.2, -0.15) is 5.10 Å². The summed E-state index contributed by atoms with van der Waals surface area (Å²) in [6.45, 7) is 1.45. The highest BCUT2D eigenvalue weighted by Gasteiger charge is 2.22. The minimum Gasteiger partial charge on any atom is -0.329 e. The van der Waals surface area contributed by atoms with Crippen LogP contribution in [0.2, 0.25) is 0 Å². The number of rotatable bonds is 3. The fourth-order valence-electron chi connectivity index (χ4n) is 2.55. The van der Waals surface area contributed by atoms with Crippen molar-refractivity contribution in [3.05, 3.63) is 35.8 Å². The Hall–Kier alpha value is -1.68. The van der Waals surface area contributed by atoms with Gasteiger partial charge in [-0.15, -0.1) is 0 Å². The maximum Gasteiger partial charge on any atom is 0.0973 e. The SMILES string of the molecule is NCCn1nc(-c2cccnc2)c2c1CCC2. The molecule has 17 heavy (non-hydrogen) atoms. The maximum atomic E-state index is 5.63. The van der Waals surface area contributed by atoms with Gasteiger partial charge in [0.25, 0.3) is 0 Å². The topological polar surface area (TPSA) is 56.7 Å². The Bertz CT molecular complexity index is 516. The highest BCUT2D eigenvalue weighted by atomic mass is 15.3. The van der Waals surface area contributed by atoms with Crippen LogP contribution >= 0.6 is 0 Å². The van der Waals surface area contributed by atoms with Crippen LogP contribution in [0, 0.1) is 0 Å². The number of hydrogen-bond acceptors (Lipinski definition) is 3. The molecule has 0 bridgehead atoms. The van der Waals surface area contributed by atoms with Crippen molar-refractivity contribution in [2.24, 2.45) is 5.73 Å². The lowest BCUT2D eigenvalue weighted by atomic mass is 10.1. The maximum absolute atomic E-state index is 5.63. The summed E-state index contributed by atoms with van der Waals surface area (Å²) in [5.74, 6) is 0. The predicted molar refractivity (Wildman–Crippen MR) is 66.5 cm³/mol. The third kappa shape index (κ3) is 1.74. The first kappa shape index (κ1) is 10.5. The van der Waals surface area contributed by atoms with E-state index in [1.807, 2.05) is 12.3 Å². The average molecular weight is 228 g/mol. The molecule has 4 heteroatoms. The molecule has 4 nitrogen and oxygen atoms in total. The molecule has 2 N–H and O–H groups in total. The smallest absolute Gasteiger partial charge is 0.0973 e. The number of fused-ring (bicyclic) bond motifs is 1. The van der Waals surface area contributed by atoms with Gasteiger partial charge in [-0.3, -0.25) is 9.67 Å². The molecular weight excluding hydrogens is 212 g/mol. The van der Waals surface area contributed by atoms with E-state index in [9.17, 15) is 0 Å². The highest BCUT2D eigenvalue weighted by Crippen LogP contribution is 2.31. The standard InChI is InChI=1S/C13H16N4/c14-6-8-17-12-5-1-4-11(12)13(16-17)10-3-2-7-15-9-10/h2-3,7,9H,1,4-6,8,14H2. The summed E-state index contributed by atoms with van der Waals surface area (Å²) in [5, 5.41) is 4.69. The molecule has 0 fully saturated rings. The van der Waals surface area contributed by atoms with Crippen LogP contribution in [0.25, 0.3) is 11.3 Å². The van der Waals surface area contributed by atoms with Crippen molar-refractivity contribution in [3.8, 4) is 11.3 Å². The summed E-state index contributed by atoms with van der Waals surface area (Å²) >= 11 is 0. The summed E-state index contributed by atoms with van der Waals surface area (Å²) in [7, 11) is 0. The first-order valence-electron chi connectivity index (χ1n) is 6.09. The van der Waals surface area contributed by atoms with Crippen LogP contribution in [0.15, 0.2) is 24.5 Å². The van der Waals surface area contributed by atoms with Crippen molar-refractivity contribution >= 4 is 0 Å². The van der Waals surface area contributed by atoms with Gasteiger partial charge in [0.1, 0.15) is 0 Å². The second-order valence-electron chi connectivity index (χ2n) is 4.38. The third-order valence-corrected chi connectivity index (χ3v) is 3.28. The van der Waals surface area contributed by atoms with E-state index in [1.165, 1.54) is 17.7 Å². The molecule has 0 saturated heterocycles. The summed E-state index contributed by atoms with van der Waals surface area (Å²) in [4.78, 5) is 4.17. The Morgan fingerprint density at radius 3 is 3.06 bits per heavy atom. The number of aromatic nitrogens is 3. The molecule has 2 aromatic rings. The molecule has 0 spiro atoms. The highest BCUT2D eigenvalue weighted by molar-refractivity contribution is 5.64. The van der Waals surface area contributed by atoms with Crippen LogP contribution in [0.4, 0.5) is 0 Å². The van der Waals surface area contributed by atoms with Crippen LogP contribution in [-0.2, 0) is 19.4 Å². The number of hydrogen-bond donors (Lipinski definition) is 1. The zero-order chi connectivity index (χ0) is 11.7. The van der Waals surface area contributed by atoms with E-state index in [0.717, 1.165) is 30.6 Å². The normalized spacial score (nSPS) is 13.9. The monoisotopic (exact) mass is 228 g/mol. The van der Waals surface area contributed by atoms with Gasteiger partial charge in [0, 0.05) is 35.8 Å². The first-order valence-corrected chi connectivity index (χ1v) is 6.09. The molecule has 0 aliphatic heterocycles. The van der Waals surface area contributed by atoms with Crippen molar-refractivity contribution in [1.29, 1.82) is 0 Å². The van der Waals surface area contributed by atoms with E-state index in [2.05, 4.69) is 20.8 Å². The molecule has 2 aromatic heterocycles.